The summed E-state index contributed by atoms with van der Waals surface area (Å²) in [6.45, 7) is -0.406. The van der Waals surface area contributed by atoms with Gasteiger partial charge in [0.2, 0.25) is 15.9 Å². The first-order valence-corrected chi connectivity index (χ1v) is 11.3. The molecule has 1 aromatic carbocycles. The number of benzene rings is 1. The van der Waals surface area contributed by atoms with Gasteiger partial charge in [-0.3, -0.25) is 4.79 Å². The van der Waals surface area contributed by atoms with Crippen molar-refractivity contribution in [3.63, 3.8) is 0 Å². The lowest BCUT2D eigenvalue weighted by Gasteiger charge is -2.12. The topological polar surface area (TPSA) is 119 Å². The lowest BCUT2D eigenvalue weighted by atomic mass is 10.2. The van der Waals surface area contributed by atoms with Crippen molar-refractivity contribution < 1.29 is 26.4 Å². The average Bonchev–Trinajstić information content (AvgIpc) is 2.90. The zero-order chi connectivity index (χ0) is 18.5. The van der Waals surface area contributed by atoms with Crippen LogP contribution in [-0.4, -0.2) is 59.7 Å². The molecule has 2 rings (SSSR count). The highest BCUT2D eigenvalue weighted by Crippen LogP contribution is 2.13. The van der Waals surface area contributed by atoms with Crippen molar-refractivity contribution in [2.24, 2.45) is 0 Å². The van der Waals surface area contributed by atoms with Gasteiger partial charge in [0.15, 0.2) is 9.84 Å². The molecule has 25 heavy (non-hydrogen) atoms. The summed E-state index contributed by atoms with van der Waals surface area (Å²) in [4.78, 5) is 11.8. The monoisotopic (exact) mass is 390 g/mol. The fourth-order valence-corrected chi connectivity index (χ4v) is 5.19. The molecule has 2 N–H and O–H groups in total. The van der Waals surface area contributed by atoms with Gasteiger partial charge in [0.05, 0.1) is 30.9 Å². The Morgan fingerprint density at radius 1 is 1.36 bits per heavy atom. The van der Waals surface area contributed by atoms with E-state index in [1.165, 1.54) is 7.11 Å². The van der Waals surface area contributed by atoms with E-state index in [1.807, 2.05) is 0 Å². The fraction of sp³-hybridized carbons (Fsp3) is 0.533. The average molecular weight is 390 g/mol. The van der Waals surface area contributed by atoms with E-state index in [9.17, 15) is 21.6 Å². The molecule has 0 spiro atoms. The third kappa shape index (κ3) is 6.63. The first-order chi connectivity index (χ1) is 11.7. The smallest absolute Gasteiger partial charge is 0.235 e. The van der Waals surface area contributed by atoms with E-state index in [2.05, 4.69) is 10.0 Å². The quantitative estimate of drug-likeness (QED) is 0.615. The number of hydrogen-bond donors (Lipinski definition) is 2. The van der Waals surface area contributed by atoms with Gasteiger partial charge in [-0.15, -0.1) is 0 Å². The highest BCUT2D eigenvalue weighted by atomic mass is 32.2. The number of sulfone groups is 1. The molecule has 0 bridgehead atoms. The molecule has 140 valence electrons. The van der Waals surface area contributed by atoms with Crippen LogP contribution in [-0.2, 0) is 31.1 Å². The van der Waals surface area contributed by atoms with E-state index in [0.717, 1.165) is 5.56 Å². The Kier molecular flexibility index (Phi) is 6.42. The summed E-state index contributed by atoms with van der Waals surface area (Å²) in [5, 5.41) is 2.53. The molecule has 1 fully saturated rings. The number of sulfonamides is 1. The van der Waals surface area contributed by atoms with Crippen molar-refractivity contribution in [1.29, 1.82) is 0 Å². The Hall–Kier alpha value is -1.65. The van der Waals surface area contributed by atoms with Gasteiger partial charge in [-0.05, 0) is 30.5 Å². The van der Waals surface area contributed by atoms with Crippen LogP contribution >= 0.6 is 0 Å². The van der Waals surface area contributed by atoms with Gasteiger partial charge in [0.1, 0.15) is 5.75 Å². The predicted octanol–water partition coefficient (Wildman–Crippen LogP) is -0.540. The molecule has 0 aromatic heterocycles. The molecule has 1 aliphatic rings. The Morgan fingerprint density at radius 2 is 2.12 bits per heavy atom. The van der Waals surface area contributed by atoms with Crippen LogP contribution in [0, 0.1) is 0 Å². The lowest BCUT2D eigenvalue weighted by Crippen LogP contribution is -2.43. The van der Waals surface area contributed by atoms with Gasteiger partial charge in [-0.1, -0.05) is 12.1 Å². The Morgan fingerprint density at radius 3 is 2.76 bits per heavy atom. The zero-order valence-corrected chi connectivity index (χ0v) is 15.5. The summed E-state index contributed by atoms with van der Waals surface area (Å²) in [7, 11) is -5.18. The number of ether oxygens (including phenoxy) is 1. The molecule has 1 aliphatic heterocycles. The third-order valence-corrected chi connectivity index (χ3v) is 6.94. The molecular formula is C15H22N2O6S2. The number of amides is 1. The Balaban J connectivity index is 1.77. The van der Waals surface area contributed by atoms with Crippen LogP contribution < -0.4 is 14.8 Å². The van der Waals surface area contributed by atoms with Gasteiger partial charge in [-0.2, -0.15) is 0 Å². The molecule has 1 unspecified atom stereocenters. The van der Waals surface area contributed by atoms with Crippen molar-refractivity contribution in [3.8, 4) is 5.75 Å². The minimum atomic E-state index is -3.62. The number of methoxy groups -OCH3 is 1. The number of carbonyl (C=O) groups is 1. The van der Waals surface area contributed by atoms with E-state index < -0.39 is 38.4 Å². The van der Waals surface area contributed by atoms with Crippen LogP contribution in [0.15, 0.2) is 24.3 Å². The predicted molar refractivity (Wildman–Crippen MR) is 93.7 cm³/mol. The van der Waals surface area contributed by atoms with Gasteiger partial charge < -0.3 is 10.1 Å². The molecule has 1 aromatic rings. The lowest BCUT2D eigenvalue weighted by molar-refractivity contribution is -0.120. The van der Waals surface area contributed by atoms with Crippen LogP contribution in [0.5, 0.6) is 5.75 Å². The van der Waals surface area contributed by atoms with E-state index in [1.54, 1.807) is 24.3 Å². The van der Waals surface area contributed by atoms with Crippen LogP contribution in [0.3, 0.4) is 0 Å². The van der Waals surface area contributed by atoms with Crippen LogP contribution in [0.4, 0.5) is 0 Å². The fourth-order valence-electron chi connectivity index (χ4n) is 2.52. The maximum Gasteiger partial charge on any atom is 0.235 e. The number of nitrogens with one attached hydrogen (secondary N) is 2. The first-order valence-electron chi connectivity index (χ1n) is 7.79. The van der Waals surface area contributed by atoms with Crippen LogP contribution in [0.1, 0.15) is 12.0 Å². The summed E-state index contributed by atoms with van der Waals surface area (Å²) >= 11 is 0. The van der Waals surface area contributed by atoms with Gasteiger partial charge in [0, 0.05) is 6.04 Å². The Bertz CT molecular complexity index is 820. The second-order valence-corrected chi connectivity index (χ2v) is 10.1. The molecule has 1 atom stereocenters. The van der Waals surface area contributed by atoms with Gasteiger partial charge in [0.25, 0.3) is 0 Å². The molecule has 0 radical (unpaired) electrons. The maximum absolute atomic E-state index is 12.0. The van der Waals surface area contributed by atoms with E-state index in [0.29, 0.717) is 12.2 Å². The number of carbonyl (C=O) groups excluding carboxylic acids is 1. The van der Waals surface area contributed by atoms with E-state index in [4.69, 9.17) is 4.74 Å². The summed E-state index contributed by atoms with van der Waals surface area (Å²) in [5.41, 5.74) is 0.810. The molecule has 0 saturated carbocycles. The van der Waals surface area contributed by atoms with Crippen LogP contribution in [0.25, 0.3) is 0 Å². The molecule has 1 heterocycles. The highest BCUT2D eigenvalue weighted by Gasteiger charge is 2.29. The zero-order valence-electron chi connectivity index (χ0n) is 13.9. The summed E-state index contributed by atoms with van der Waals surface area (Å²) in [5.74, 6) is -0.0997. The third-order valence-electron chi connectivity index (χ3n) is 3.84. The van der Waals surface area contributed by atoms with Crippen molar-refractivity contribution in [2.45, 2.75) is 18.9 Å². The molecule has 8 nitrogen and oxygen atoms in total. The second kappa shape index (κ2) is 8.15. The maximum atomic E-state index is 12.0. The minimum absolute atomic E-state index is 0.0458. The molecule has 10 heteroatoms. The van der Waals surface area contributed by atoms with E-state index >= 15 is 0 Å². The summed E-state index contributed by atoms with van der Waals surface area (Å²) in [6.07, 6.45) is 0.645. The summed E-state index contributed by atoms with van der Waals surface area (Å²) in [6, 6.07) is 6.65. The van der Waals surface area contributed by atoms with Crippen molar-refractivity contribution >= 4 is 25.8 Å². The minimum Gasteiger partial charge on any atom is -0.497 e. The molecule has 1 amide bonds. The molecule has 0 aliphatic carbocycles. The SMILES string of the molecule is COc1cccc(CCS(=O)(=O)NCC(=O)NC2CCS(=O)(=O)C2)c1. The van der Waals surface area contributed by atoms with Gasteiger partial charge in [-0.25, -0.2) is 21.6 Å². The van der Waals surface area contributed by atoms with E-state index in [-0.39, 0.29) is 23.7 Å². The number of hydrogen-bond acceptors (Lipinski definition) is 6. The Labute approximate surface area is 147 Å². The molecular weight excluding hydrogens is 368 g/mol. The molecule has 1 saturated heterocycles. The normalized spacial score (nSPS) is 19.5. The standard InChI is InChI=1S/C15H22N2O6S2/c1-23-14-4-2-3-12(9-14)5-8-25(21,22)16-10-15(18)17-13-6-7-24(19,20)11-13/h2-4,9,13,16H,5-8,10-11H2,1H3,(H,17,18). The number of rotatable bonds is 8. The van der Waals surface area contributed by atoms with Crippen molar-refractivity contribution in [3.05, 3.63) is 29.8 Å². The second-order valence-electron chi connectivity index (χ2n) is 5.91. The van der Waals surface area contributed by atoms with Crippen molar-refractivity contribution in [1.82, 2.24) is 10.0 Å². The highest BCUT2D eigenvalue weighted by molar-refractivity contribution is 7.91. The van der Waals surface area contributed by atoms with Gasteiger partial charge >= 0.3 is 0 Å². The number of aryl methyl sites for hydroxylation is 1. The largest absolute Gasteiger partial charge is 0.497 e. The van der Waals surface area contributed by atoms with Crippen molar-refractivity contribution in [2.75, 3.05) is 30.9 Å². The summed E-state index contributed by atoms with van der Waals surface area (Å²) < 4.78 is 54.0. The first kappa shape index (κ1) is 19.7. The van der Waals surface area contributed by atoms with Crippen LogP contribution in [0.2, 0.25) is 0 Å².